The van der Waals surface area contributed by atoms with E-state index < -0.39 is 0 Å². The molecule has 0 atom stereocenters. The Morgan fingerprint density at radius 2 is 2.00 bits per heavy atom. The van der Waals surface area contributed by atoms with E-state index >= 15 is 0 Å². The molecule has 96 valence electrons. The van der Waals surface area contributed by atoms with Crippen LogP contribution in [0.2, 0.25) is 0 Å². The third kappa shape index (κ3) is 2.26. The Kier molecular flexibility index (Phi) is 3.41. The van der Waals surface area contributed by atoms with E-state index in [2.05, 4.69) is 45.0 Å². The minimum Gasteiger partial charge on any atom is -0.381 e. The second kappa shape index (κ2) is 4.84. The largest absolute Gasteiger partial charge is 0.381 e. The van der Waals surface area contributed by atoms with Gasteiger partial charge in [-0.2, -0.15) is 0 Å². The highest BCUT2D eigenvalue weighted by atomic mass is 16.5. The number of rotatable bonds is 3. The van der Waals surface area contributed by atoms with Gasteiger partial charge in [0.1, 0.15) is 0 Å². The Bertz CT molecular complexity index is 556. The fraction of sp³-hybridized carbons (Fsp3) is 0.400. The number of benzene rings is 1. The highest BCUT2D eigenvalue weighted by molar-refractivity contribution is 5.70. The number of aromatic nitrogens is 1. The highest BCUT2D eigenvalue weighted by Crippen LogP contribution is 2.32. The van der Waals surface area contributed by atoms with Gasteiger partial charge in [-0.3, -0.25) is 0 Å². The summed E-state index contributed by atoms with van der Waals surface area (Å²) in [6, 6.07) is 6.20. The van der Waals surface area contributed by atoms with E-state index in [0.717, 1.165) is 23.3 Å². The van der Waals surface area contributed by atoms with E-state index in [-0.39, 0.29) is 0 Å². The first kappa shape index (κ1) is 12.7. The van der Waals surface area contributed by atoms with Crippen LogP contribution in [-0.4, -0.2) is 5.16 Å². The lowest BCUT2D eigenvalue weighted by Gasteiger charge is -2.09. The third-order valence-electron chi connectivity index (χ3n) is 3.28. The number of nitrogens with zero attached hydrogens (tertiary/aromatic N) is 1. The van der Waals surface area contributed by atoms with E-state index in [4.69, 9.17) is 10.3 Å². The normalized spacial score (nSPS) is 11.2. The minimum absolute atomic E-state index is 0.514. The standard InChI is InChI=1S/C15H20N2O/c1-9(2)8-13-14(18-17-15(13)16)12-7-5-6-10(3)11(12)4/h5-7,9H,8H2,1-4H3,(H2,16,17). The van der Waals surface area contributed by atoms with Crippen molar-refractivity contribution in [3.8, 4) is 11.3 Å². The van der Waals surface area contributed by atoms with Crippen LogP contribution in [0.5, 0.6) is 0 Å². The van der Waals surface area contributed by atoms with E-state index in [1.807, 2.05) is 6.07 Å². The smallest absolute Gasteiger partial charge is 0.172 e. The van der Waals surface area contributed by atoms with Crippen LogP contribution in [-0.2, 0) is 6.42 Å². The van der Waals surface area contributed by atoms with Gasteiger partial charge in [-0.25, -0.2) is 0 Å². The molecule has 0 radical (unpaired) electrons. The van der Waals surface area contributed by atoms with Gasteiger partial charge in [-0.1, -0.05) is 37.2 Å². The number of aryl methyl sites for hydroxylation is 1. The lowest BCUT2D eigenvalue weighted by Crippen LogP contribution is -1.99. The van der Waals surface area contributed by atoms with Crippen LogP contribution in [0.15, 0.2) is 22.7 Å². The fourth-order valence-corrected chi connectivity index (χ4v) is 2.14. The molecule has 0 amide bonds. The molecule has 2 rings (SSSR count). The van der Waals surface area contributed by atoms with E-state index in [9.17, 15) is 0 Å². The molecule has 0 aliphatic carbocycles. The molecule has 0 aliphatic rings. The van der Waals surface area contributed by atoms with Gasteiger partial charge in [-0.05, 0) is 37.3 Å². The number of anilines is 1. The monoisotopic (exact) mass is 244 g/mol. The molecule has 1 heterocycles. The number of hydrogen-bond donors (Lipinski definition) is 1. The van der Waals surface area contributed by atoms with Crippen molar-refractivity contribution in [1.29, 1.82) is 0 Å². The molecular weight excluding hydrogens is 224 g/mol. The Morgan fingerprint density at radius 1 is 1.28 bits per heavy atom. The molecule has 0 saturated carbocycles. The lowest BCUT2D eigenvalue weighted by molar-refractivity contribution is 0.434. The van der Waals surface area contributed by atoms with Crippen molar-refractivity contribution in [3.63, 3.8) is 0 Å². The van der Waals surface area contributed by atoms with Gasteiger partial charge in [0.25, 0.3) is 0 Å². The van der Waals surface area contributed by atoms with Crippen molar-refractivity contribution < 1.29 is 4.52 Å². The molecule has 2 N–H and O–H groups in total. The number of hydrogen-bond acceptors (Lipinski definition) is 3. The van der Waals surface area contributed by atoms with Gasteiger partial charge in [0.15, 0.2) is 11.6 Å². The van der Waals surface area contributed by atoms with Gasteiger partial charge in [0.2, 0.25) is 0 Å². The Balaban J connectivity index is 2.54. The molecule has 0 spiro atoms. The molecule has 2 aromatic rings. The van der Waals surface area contributed by atoms with Crippen molar-refractivity contribution >= 4 is 5.82 Å². The van der Waals surface area contributed by atoms with Crippen LogP contribution in [0.3, 0.4) is 0 Å². The van der Waals surface area contributed by atoms with Gasteiger partial charge in [-0.15, -0.1) is 0 Å². The Morgan fingerprint density at radius 3 is 2.67 bits per heavy atom. The topological polar surface area (TPSA) is 52.0 Å². The van der Waals surface area contributed by atoms with Crippen molar-refractivity contribution in [2.75, 3.05) is 5.73 Å². The van der Waals surface area contributed by atoms with E-state index in [1.54, 1.807) is 0 Å². The van der Waals surface area contributed by atoms with Crippen LogP contribution in [0, 0.1) is 19.8 Å². The highest BCUT2D eigenvalue weighted by Gasteiger charge is 2.18. The molecule has 3 heteroatoms. The predicted molar refractivity (Wildman–Crippen MR) is 74.4 cm³/mol. The van der Waals surface area contributed by atoms with E-state index in [1.165, 1.54) is 11.1 Å². The third-order valence-corrected chi connectivity index (χ3v) is 3.28. The Hall–Kier alpha value is -1.77. The molecule has 1 aromatic heterocycles. The molecule has 0 saturated heterocycles. The quantitative estimate of drug-likeness (QED) is 0.894. The lowest BCUT2D eigenvalue weighted by atomic mass is 9.95. The minimum atomic E-state index is 0.514. The van der Waals surface area contributed by atoms with Crippen molar-refractivity contribution in [3.05, 3.63) is 34.9 Å². The SMILES string of the molecule is Cc1cccc(-c2onc(N)c2CC(C)C)c1C. The van der Waals surface area contributed by atoms with Crippen LogP contribution in [0.4, 0.5) is 5.82 Å². The number of nitrogens with two attached hydrogens (primary N) is 1. The molecule has 0 fully saturated rings. The summed E-state index contributed by atoms with van der Waals surface area (Å²) in [6.45, 7) is 8.53. The van der Waals surface area contributed by atoms with Crippen molar-refractivity contribution in [2.24, 2.45) is 5.92 Å². The zero-order valence-electron chi connectivity index (χ0n) is 11.4. The van der Waals surface area contributed by atoms with Crippen molar-refractivity contribution in [1.82, 2.24) is 5.16 Å². The molecule has 0 aliphatic heterocycles. The maximum Gasteiger partial charge on any atom is 0.172 e. The molecule has 3 nitrogen and oxygen atoms in total. The average molecular weight is 244 g/mol. The summed E-state index contributed by atoms with van der Waals surface area (Å²) >= 11 is 0. The molecule has 1 aromatic carbocycles. The first-order chi connectivity index (χ1) is 8.50. The first-order valence-electron chi connectivity index (χ1n) is 6.31. The summed E-state index contributed by atoms with van der Waals surface area (Å²) in [5.74, 6) is 1.86. The zero-order valence-corrected chi connectivity index (χ0v) is 11.4. The van der Waals surface area contributed by atoms with Gasteiger partial charge in [0.05, 0.1) is 0 Å². The van der Waals surface area contributed by atoms with E-state index in [0.29, 0.717) is 11.7 Å². The van der Waals surface area contributed by atoms with Crippen LogP contribution < -0.4 is 5.73 Å². The number of nitrogen functional groups attached to an aromatic ring is 1. The summed E-state index contributed by atoms with van der Waals surface area (Å²) in [7, 11) is 0. The predicted octanol–water partition coefficient (Wildman–Crippen LogP) is 3.74. The summed E-state index contributed by atoms with van der Waals surface area (Å²) in [5.41, 5.74) is 10.5. The van der Waals surface area contributed by atoms with Gasteiger partial charge >= 0.3 is 0 Å². The Labute approximate surface area is 108 Å². The summed E-state index contributed by atoms with van der Waals surface area (Å²) in [5, 5.41) is 3.92. The summed E-state index contributed by atoms with van der Waals surface area (Å²) in [4.78, 5) is 0. The van der Waals surface area contributed by atoms with Crippen molar-refractivity contribution in [2.45, 2.75) is 34.1 Å². The summed E-state index contributed by atoms with van der Waals surface area (Å²) in [6.07, 6.45) is 0.887. The maximum atomic E-state index is 5.91. The van der Waals surface area contributed by atoms with Crippen LogP contribution >= 0.6 is 0 Å². The average Bonchev–Trinajstić information content (AvgIpc) is 2.64. The maximum absolute atomic E-state index is 5.91. The molecule has 0 bridgehead atoms. The molecule has 0 unspecified atom stereocenters. The fourth-order valence-electron chi connectivity index (χ4n) is 2.14. The first-order valence-corrected chi connectivity index (χ1v) is 6.31. The molecular formula is C15H20N2O. The van der Waals surface area contributed by atoms with Gasteiger partial charge in [0, 0.05) is 11.1 Å². The second-order valence-electron chi connectivity index (χ2n) is 5.22. The molecule has 18 heavy (non-hydrogen) atoms. The zero-order chi connectivity index (χ0) is 13.3. The second-order valence-corrected chi connectivity index (χ2v) is 5.22. The van der Waals surface area contributed by atoms with Crippen LogP contribution in [0.1, 0.15) is 30.5 Å². The van der Waals surface area contributed by atoms with Gasteiger partial charge < -0.3 is 10.3 Å². The van der Waals surface area contributed by atoms with Crippen LogP contribution in [0.25, 0.3) is 11.3 Å². The summed E-state index contributed by atoms with van der Waals surface area (Å²) < 4.78 is 5.44.